The summed E-state index contributed by atoms with van der Waals surface area (Å²) in [5.41, 5.74) is 0.211. The minimum absolute atomic E-state index is 0.0456. The predicted octanol–water partition coefficient (Wildman–Crippen LogP) is 2.98. The van der Waals surface area contributed by atoms with Crippen LogP contribution in [0.2, 0.25) is 5.02 Å². The Morgan fingerprint density at radius 3 is 2.57 bits per heavy atom. The minimum Gasteiger partial charge on any atom is -0.486 e. The van der Waals surface area contributed by atoms with Crippen molar-refractivity contribution in [2.75, 3.05) is 12.3 Å². The Kier molecular flexibility index (Phi) is 5.72. The molecule has 8 nitrogen and oxygen atoms in total. The van der Waals surface area contributed by atoms with Gasteiger partial charge in [-0.1, -0.05) is 35.5 Å². The molecule has 2 heterocycles. The smallest absolute Gasteiger partial charge is 0.269 e. The minimum atomic E-state index is -3.80. The van der Waals surface area contributed by atoms with E-state index in [4.69, 9.17) is 16.3 Å². The Morgan fingerprint density at radius 1 is 1.10 bits per heavy atom. The number of rotatable bonds is 7. The highest BCUT2D eigenvalue weighted by atomic mass is 35.5. The Balaban J connectivity index is 1.36. The summed E-state index contributed by atoms with van der Waals surface area (Å²) in [7, 11) is -2.00. The topological polar surface area (TPSA) is 94.4 Å². The van der Waals surface area contributed by atoms with E-state index >= 15 is 0 Å². The number of fused-ring (bicyclic) bond motifs is 1. The van der Waals surface area contributed by atoms with Gasteiger partial charge >= 0.3 is 0 Å². The summed E-state index contributed by atoms with van der Waals surface area (Å²) in [6.45, 7) is 0.268. The molecular formula is C19H17ClN4O4S2. The van der Waals surface area contributed by atoms with Crippen molar-refractivity contribution < 1.29 is 17.9 Å². The van der Waals surface area contributed by atoms with E-state index < -0.39 is 15.9 Å². The summed E-state index contributed by atoms with van der Waals surface area (Å²) in [5.74, 6) is 1.13. The van der Waals surface area contributed by atoms with Crippen LogP contribution in [0.25, 0.3) is 0 Å². The van der Waals surface area contributed by atoms with E-state index in [2.05, 4.69) is 10.2 Å². The van der Waals surface area contributed by atoms with Crippen LogP contribution in [0.1, 0.15) is 16.2 Å². The summed E-state index contributed by atoms with van der Waals surface area (Å²) in [6, 6.07) is 13.2. The van der Waals surface area contributed by atoms with Crippen LogP contribution in [0.5, 0.6) is 5.75 Å². The number of benzene rings is 2. The van der Waals surface area contributed by atoms with Crippen LogP contribution in [-0.2, 0) is 23.7 Å². The molecule has 0 aliphatic carbocycles. The molecule has 1 aromatic heterocycles. The first kappa shape index (κ1) is 20.7. The number of carbonyl (C=O) groups is 1. The Morgan fingerprint density at radius 2 is 1.83 bits per heavy atom. The Labute approximate surface area is 182 Å². The van der Waals surface area contributed by atoms with E-state index in [1.807, 2.05) is 0 Å². The molecule has 30 heavy (non-hydrogen) atoms. The number of carbonyl (C=O) groups excluding carboxylic acids is 1. The lowest BCUT2D eigenvalue weighted by Crippen LogP contribution is -2.32. The molecule has 156 valence electrons. The molecule has 1 aliphatic heterocycles. The molecule has 0 saturated carbocycles. The molecule has 0 atom stereocenters. The average Bonchev–Trinajstić information content (AvgIpc) is 3.18. The van der Waals surface area contributed by atoms with Gasteiger partial charge in [-0.25, -0.2) is 12.7 Å². The van der Waals surface area contributed by atoms with E-state index in [-0.39, 0.29) is 23.6 Å². The van der Waals surface area contributed by atoms with E-state index in [1.165, 1.54) is 23.9 Å². The number of nitrogens with zero attached hydrogens (tertiary/aromatic N) is 4. The van der Waals surface area contributed by atoms with E-state index in [1.54, 1.807) is 48.0 Å². The Bertz CT molecular complexity index is 1200. The number of thioether (sulfide) groups is 1. The van der Waals surface area contributed by atoms with Crippen molar-refractivity contribution in [2.45, 2.75) is 16.7 Å². The number of aromatic nitrogens is 3. The van der Waals surface area contributed by atoms with Gasteiger partial charge in [0.2, 0.25) is 0 Å². The highest BCUT2D eigenvalue weighted by Gasteiger charge is 2.40. The molecule has 0 fully saturated rings. The van der Waals surface area contributed by atoms with E-state index in [0.29, 0.717) is 27.5 Å². The maximum absolute atomic E-state index is 12.6. The first-order chi connectivity index (χ1) is 14.4. The second kappa shape index (κ2) is 8.29. The van der Waals surface area contributed by atoms with Crippen LogP contribution in [0.4, 0.5) is 0 Å². The van der Waals surface area contributed by atoms with Crippen molar-refractivity contribution in [3.8, 4) is 5.75 Å². The lowest BCUT2D eigenvalue weighted by Gasteiger charge is -2.14. The second-order valence-electron chi connectivity index (χ2n) is 6.43. The fourth-order valence-corrected chi connectivity index (χ4v) is 5.61. The fraction of sp³-hybridized carbons (Fsp3) is 0.211. The van der Waals surface area contributed by atoms with Gasteiger partial charge in [-0.3, -0.25) is 4.79 Å². The van der Waals surface area contributed by atoms with Gasteiger partial charge in [0.25, 0.3) is 15.9 Å². The van der Waals surface area contributed by atoms with Crippen LogP contribution in [0.3, 0.4) is 0 Å². The van der Waals surface area contributed by atoms with Crippen LogP contribution < -0.4 is 4.74 Å². The molecule has 0 spiro atoms. The Hall–Kier alpha value is -2.56. The van der Waals surface area contributed by atoms with Crippen LogP contribution in [-0.4, -0.2) is 45.7 Å². The lowest BCUT2D eigenvalue weighted by molar-refractivity contribution is 0.0876. The van der Waals surface area contributed by atoms with Gasteiger partial charge in [-0.05, 0) is 36.4 Å². The molecule has 11 heteroatoms. The highest BCUT2D eigenvalue weighted by molar-refractivity contribution is 7.99. The largest absolute Gasteiger partial charge is 0.486 e. The number of halogens is 1. The zero-order chi connectivity index (χ0) is 21.3. The quantitative estimate of drug-likeness (QED) is 0.496. The summed E-state index contributed by atoms with van der Waals surface area (Å²) < 4.78 is 33.5. The SMILES string of the molecule is Cn1c(COc2ccc(Cl)cc2)nnc1SCCN1C(=O)c2ccccc2S1(=O)=O. The van der Waals surface area contributed by atoms with Gasteiger partial charge < -0.3 is 9.30 Å². The molecule has 4 rings (SSSR count). The first-order valence-electron chi connectivity index (χ1n) is 8.93. The molecule has 1 amide bonds. The fourth-order valence-electron chi connectivity index (χ4n) is 2.95. The van der Waals surface area contributed by atoms with Crippen molar-refractivity contribution in [2.24, 2.45) is 7.05 Å². The molecule has 0 saturated heterocycles. The molecule has 0 N–H and O–H groups in total. The van der Waals surface area contributed by atoms with Crippen LogP contribution in [0, 0.1) is 0 Å². The van der Waals surface area contributed by atoms with Gasteiger partial charge in [0.15, 0.2) is 11.0 Å². The maximum atomic E-state index is 12.6. The summed E-state index contributed by atoms with van der Waals surface area (Å²) in [5, 5.41) is 9.47. The molecule has 0 unspecified atom stereocenters. The predicted molar refractivity (Wildman–Crippen MR) is 112 cm³/mol. The second-order valence-corrected chi connectivity index (χ2v) is 9.76. The molecule has 1 aliphatic rings. The molecular weight excluding hydrogens is 448 g/mol. The summed E-state index contributed by atoms with van der Waals surface area (Å²) >= 11 is 7.18. The van der Waals surface area contributed by atoms with Crippen molar-refractivity contribution in [1.82, 2.24) is 19.1 Å². The molecule has 2 aromatic carbocycles. The number of sulfonamides is 1. The van der Waals surface area contributed by atoms with Gasteiger partial charge in [0.1, 0.15) is 17.3 Å². The number of amides is 1. The molecule has 0 bridgehead atoms. The van der Waals surface area contributed by atoms with Gasteiger partial charge in [0.05, 0.1) is 5.56 Å². The van der Waals surface area contributed by atoms with Crippen LogP contribution >= 0.6 is 23.4 Å². The number of ether oxygens (including phenoxy) is 1. The third-order valence-corrected chi connectivity index (χ3v) is 7.64. The zero-order valence-corrected chi connectivity index (χ0v) is 18.2. The van der Waals surface area contributed by atoms with E-state index in [9.17, 15) is 13.2 Å². The van der Waals surface area contributed by atoms with Gasteiger partial charge in [0, 0.05) is 24.4 Å². The van der Waals surface area contributed by atoms with Gasteiger partial charge in [-0.15, -0.1) is 10.2 Å². The lowest BCUT2D eigenvalue weighted by atomic mass is 10.2. The molecule has 0 radical (unpaired) electrons. The zero-order valence-electron chi connectivity index (χ0n) is 15.9. The first-order valence-corrected chi connectivity index (χ1v) is 11.7. The number of hydrogen-bond acceptors (Lipinski definition) is 7. The van der Waals surface area contributed by atoms with Crippen LogP contribution in [0.15, 0.2) is 58.6 Å². The monoisotopic (exact) mass is 464 g/mol. The average molecular weight is 465 g/mol. The normalized spacial score (nSPS) is 14.7. The van der Waals surface area contributed by atoms with Crippen molar-refractivity contribution in [3.63, 3.8) is 0 Å². The van der Waals surface area contributed by atoms with Crippen molar-refractivity contribution >= 4 is 39.3 Å². The van der Waals surface area contributed by atoms with E-state index in [0.717, 1.165) is 4.31 Å². The standard InChI is InChI=1S/C19H17ClN4O4S2/c1-23-17(12-28-14-8-6-13(20)7-9-14)21-22-19(23)29-11-10-24-18(25)15-4-2-3-5-16(15)30(24,26)27/h2-9H,10-12H2,1H3. The highest BCUT2D eigenvalue weighted by Crippen LogP contribution is 2.30. The third-order valence-electron chi connectivity index (χ3n) is 4.54. The summed E-state index contributed by atoms with van der Waals surface area (Å²) in [6.07, 6.45) is 0. The summed E-state index contributed by atoms with van der Waals surface area (Å²) in [4.78, 5) is 12.5. The van der Waals surface area contributed by atoms with Crippen molar-refractivity contribution in [3.05, 3.63) is 64.9 Å². The molecule has 3 aromatic rings. The maximum Gasteiger partial charge on any atom is 0.269 e. The third kappa shape index (κ3) is 3.90. The van der Waals surface area contributed by atoms with Crippen molar-refractivity contribution in [1.29, 1.82) is 0 Å². The number of hydrogen-bond donors (Lipinski definition) is 0. The van der Waals surface area contributed by atoms with Gasteiger partial charge in [-0.2, -0.15) is 0 Å².